The molecule has 0 aliphatic carbocycles. The van der Waals surface area contributed by atoms with Crippen LogP contribution in [0.2, 0.25) is 0 Å². The zero-order valence-corrected chi connectivity index (χ0v) is 23.6. The summed E-state index contributed by atoms with van der Waals surface area (Å²) in [5, 5.41) is 14.1. The molecule has 2 aromatic rings. The molecule has 1 heterocycles. The van der Waals surface area contributed by atoms with Gasteiger partial charge in [-0.2, -0.15) is 0 Å². The molecule has 0 radical (unpaired) electrons. The molecule has 1 aromatic heterocycles. The van der Waals surface area contributed by atoms with E-state index in [9.17, 15) is 9.59 Å². The number of carbonyl (C=O) groups excluding carboxylic acids is 2. The van der Waals surface area contributed by atoms with Crippen LogP contribution in [0.25, 0.3) is 16.6 Å². The van der Waals surface area contributed by atoms with Crippen LogP contribution < -0.4 is 21.3 Å². The normalized spacial score (nSPS) is 13.0. The third-order valence-corrected chi connectivity index (χ3v) is 5.24. The van der Waals surface area contributed by atoms with Crippen molar-refractivity contribution in [1.29, 1.82) is 5.41 Å². The summed E-state index contributed by atoms with van der Waals surface area (Å²) in [7, 11) is 1.75. The quantitative estimate of drug-likeness (QED) is 0.273. The summed E-state index contributed by atoms with van der Waals surface area (Å²) < 4.78 is 11.0. The summed E-state index contributed by atoms with van der Waals surface area (Å²) in [6.45, 7) is 13.0. The van der Waals surface area contributed by atoms with E-state index < -0.39 is 23.4 Å². The molecule has 0 spiro atoms. The van der Waals surface area contributed by atoms with Crippen molar-refractivity contribution < 1.29 is 19.1 Å². The zero-order valence-electron chi connectivity index (χ0n) is 23.6. The van der Waals surface area contributed by atoms with E-state index in [4.69, 9.17) is 20.6 Å². The zero-order chi connectivity index (χ0) is 28.7. The summed E-state index contributed by atoms with van der Waals surface area (Å²) in [4.78, 5) is 36.1. The van der Waals surface area contributed by atoms with Crippen LogP contribution in [0.5, 0.6) is 0 Å². The topological polar surface area (TPSA) is 156 Å². The molecule has 11 nitrogen and oxygen atoms in total. The van der Waals surface area contributed by atoms with Gasteiger partial charge in [0.05, 0.1) is 5.52 Å². The number of hydrogen-bond donors (Lipinski definition) is 4. The maximum absolute atomic E-state index is 13.3. The van der Waals surface area contributed by atoms with E-state index in [1.807, 2.05) is 25.1 Å². The van der Waals surface area contributed by atoms with Gasteiger partial charge in [0.15, 0.2) is 0 Å². The van der Waals surface area contributed by atoms with E-state index in [-0.39, 0.29) is 17.8 Å². The van der Waals surface area contributed by atoms with Crippen LogP contribution >= 0.6 is 0 Å². The minimum atomic E-state index is -0.721. The molecule has 1 aromatic carbocycles. The highest BCUT2D eigenvalue weighted by Crippen LogP contribution is 2.24. The van der Waals surface area contributed by atoms with E-state index in [2.05, 4.69) is 20.6 Å². The molecule has 0 aliphatic heterocycles. The van der Waals surface area contributed by atoms with Gasteiger partial charge in [0.25, 0.3) is 0 Å². The fraction of sp³-hybridized carbons (Fsp3) is 0.519. The first-order valence-corrected chi connectivity index (χ1v) is 12.6. The molecule has 38 heavy (non-hydrogen) atoms. The smallest absolute Gasteiger partial charge is 0.417 e. The molecule has 0 fully saturated rings. The van der Waals surface area contributed by atoms with Crippen molar-refractivity contribution in [3.05, 3.63) is 36.0 Å². The number of anilines is 1. The highest BCUT2D eigenvalue weighted by atomic mass is 16.6. The summed E-state index contributed by atoms with van der Waals surface area (Å²) in [6, 6.07) is 5.21. The Hall–Kier alpha value is -3.89. The second-order valence-electron chi connectivity index (χ2n) is 10.8. The molecular formula is C27H41N7O4. The Bertz CT molecular complexity index is 1180. The van der Waals surface area contributed by atoms with Crippen LogP contribution in [-0.4, -0.2) is 58.8 Å². The van der Waals surface area contributed by atoms with E-state index in [1.54, 1.807) is 54.8 Å². The average Bonchev–Trinajstić information content (AvgIpc) is 2.78. The second kappa shape index (κ2) is 12.6. The standard InChI is InChI=1S/C27H41N7O4/c1-9-19(12-13-31-24(35)37-26(2,3)4)34(25(36)38-27(5,6)7)23-32-16-18-14-17(10-11-20(18)33-23)21(30-8)15-22(28)29/h10-11,14-16,19,30H,9,12-13H2,1-8H3,(H3,28,29)(H,31,35)/b21-15-. The van der Waals surface area contributed by atoms with Gasteiger partial charge < -0.3 is 25.8 Å². The Morgan fingerprint density at radius 2 is 1.82 bits per heavy atom. The molecule has 11 heteroatoms. The fourth-order valence-electron chi connectivity index (χ4n) is 3.64. The molecule has 0 saturated carbocycles. The Kier molecular flexibility index (Phi) is 10.0. The SMILES string of the molecule is CCC(CCNC(=O)OC(C)(C)C)N(C(=O)OC(C)(C)C)c1ncc2cc(/C(=C/C(=N)N)NC)ccc2n1. The minimum absolute atomic E-state index is 0.0687. The minimum Gasteiger partial charge on any atom is -0.444 e. The summed E-state index contributed by atoms with van der Waals surface area (Å²) in [5.41, 5.74) is 6.33. The molecule has 5 N–H and O–H groups in total. The molecule has 0 aliphatic rings. The number of nitrogens with one attached hydrogen (secondary N) is 3. The number of fused-ring (bicyclic) bond motifs is 1. The maximum Gasteiger partial charge on any atom is 0.417 e. The van der Waals surface area contributed by atoms with E-state index in [0.29, 0.717) is 30.6 Å². The van der Waals surface area contributed by atoms with Crippen molar-refractivity contribution in [2.75, 3.05) is 18.5 Å². The van der Waals surface area contributed by atoms with Gasteiger partial charge >= 0.3 is 12.2 Å². The van der Waals surface area contributed by atoms with E-state index >= 15 is 0 Å². The maximum atomic E-state index is 13.3. The van der Waals surface area contributed by atoms with Crippen LogP contribution in [0.15, 0.2) is 30.5 Å². The molecule has 0 bridgehead atoms. The van der Waals surface area contributed by atoms with Crippen molar-refractivity contribution in [2.45, 2.75) is 78.6 Å². The van der Waals surface area contributed by atoms with Gasteiger partial charge in [-0.25, -0.2) is 24.5 Å². The summed E-state index contributed by atoms with van der Waals surface area (Å²) >= 11 is 0. The Morgan fingerprint density at radius 1 is 1.16 bits per heavy atom. The van der Waals surface area contributed by atoms with Crippen molar-refractivity contribution >= 4 is 40.6 Å². The van der Waals surface area contributed by atoms with Crippen LogP contribution in [0, 0.1) is 5.41 Å². The van der Waals surface area contributed by atoms with Crippen LogP contribution in [0.1, 0.15) is 66.9 Å². The van der Waals surface area contributed by atoms with Crippen molar-refractivity contribution in [3.63, 3.8) is 0 Å². The number of amides is 2. The number of ether oxygens (including phenoxy) is 2. The number of amidine groups is 1. The van der Waals surface area contributed by atoms with Gasteiger partial charge in [0.1, 0.15) is 17.0 Å². The van der Waals surface area contributed by atoms with Crippen LogP contribution in [0.3, 0.4) is 0 Å². The Labute approximate surface area is 224 Å². The third kappa shape index (κ3) is 9.20. The van der Waals surface area contributed by atoms with E-state index in [0.717, 1.165) is 10.9 Å². The van der Waals surface area contributed by atoms with Gasteiger partial charge in [0.2, 0.25) is 5.95 Å². The summed E-state index contributed by atoms with van der Waals surface area (Å²) in [6.07, 6.45) is 3.10. The molecule has 208 valence electrons. The lowest BCUT2D eigenvalue weighted by Gasteiger charge is -2.32. The molecule has 1 atom stereocenters. The first-order chi connectivity index (χ1) is 17.6. The number of carbonyl (C=O) groups is 2. The predicted octanol–water partition coefficient (Wildman–Crippen LogP) is 4.56. The highest BCUT2D eigenvalue weighted by Gasteiger charge is 2.31. The van der Waals surface area contributed by atoms with Gasteiger partial charge in [-0.3, -0.25) is 5.41 Å². The lowest BCUT2D eigenvalue weighted by molar-refractivity contribution is 0.0525. The Balaban J connectivity index is 2.39. The monoisotopic (exact) mass is 527 g/mol. The number of nitrogens with zero attached hydrogens (tertiary/aromatic N) is 3. The lowest BCUT2D eigenvalue weighted by atomic mass is 10.1. The number of benzene rings is 1. The number of hydrogen-bond acceptors (Lipinski definition) is 8. The first-order valence-electron chi connectivity index (χ1n) is 12.6. The van der Waals surface area contributed by atoms with Gasteiger partial charge in [-0.1, -0.05) is 13.0 Å². The summed E-state index contributed by atoms with van der Waals surface area (Å²) in [5.74, 6) is 0.137. The van der Waals surface area contributed by atoms with Gasteiger partial charge in [0, 0.05) is 43.0 Å². The number of alkyl carbamates (subject to hydrolysis) is 1. The highest BCUT2D eigenvalue weighted by molar-refractivity contribution is 5.96. The number of rotatable bonds is 9. The number of nitrogens with two attached hydrogens (primary N) is 1. The second-order valence-corrected chi connectivity index (χ2v) is 10.8. The molecule has 1 unspecified atom stereocenters. The lowest BCUT2D eigenvalue weighted by Crippen LogP contribution is -2.46. The molecule has 2 amide bonds. The van der Waals surface area contributed by atoms with Gasteiger partial charge in [-0.05, 0) is 72.1 Å². The molecule has 0 saturated heterocycles. The predicted molar refractivity (Wildman–Crippen MR) is 150 cm³/mol. The Morgan fingerprint density at radius 3 is 2.37 bits per heavy atom. The van der Waals surface area contributed by atoms with Crippen molar-refractivity contribution in [2.24, 2.45) is 5.73 Å². The largest absolute Gasteiger partial charge is 0.444 e. The number of aromatic nitrogens is 2. The van der Waals surface area contributed by atoms with Crippen molar-refractivity contribution in [3.8, 4) is 0 Å². The van der Waals surface area contributed by atoms with Gasteiger partial charge in [-0.15, -0.1) is 0 Å². The van der Waals surface area contributed by atoms with Crippen molar-refractivity contribution in [1.82, 2.24) is 20.6 Å². The molecular weight excluding hydrogens is 486 g/mol. The average molecular weight is 528 g/mol. The molecule has 2 rings (SSSR count). The van der Waals surface area contributed by atoms with E-state index in [1.165, 1.54) is 11.0 Å². The van der Waals surface area contributed by atoms with Crippen LogP contribution in [-0.2, 0) is 9.47 Å². The van der Waals surface area contributed by atoms with Crippen LogP contribution in [0.4, 0.5) is 15.5 Å². The third-order valence-electron chi connectivity index (χ3n) is 5.24. The first kappa shape index (κ1) is 30.3. The fourth-order valence-corrected chi connectivity index (χ4v) is 3.64.